The van der Waals surface area contributed by atoms with Crippen LogP contribution in [0.2, 0.25) is 0 Å². The van der Waals surface area contributed by atoms with Gasteiger partial charge in [0.15, 0.2) is 0 Å². The predicted octanol–water partition coefficient (Wildman–Crippen LogP) is 3.89. The quantitative estimate of drug-likeness (QED) is 0.609. The second-order valence-electron chi connectivity index (χ2n) is 9.72. The number of carboxylic acid groups (broad SMARTS) is 1. The van der Waals surface area contributed by atoms with Gasteiger partial charge in [0.05, 0.1) is 11.4 Å². The minimum absolute atomic E-state index is 0.0211. The molecule has 5 rings (SSSR count). The fourth-order valence-corrected chi connectivity index (χ4v) is 7.95. The molecule has 2 saturated carbocycles. The highest BCUT2D eigenvalue weighted by molar-refractivity contribution is 7.89. The summed E-state index contributed by atoms with van der Waals surface area (Å²) in [6.07, 6.45) is 7.86. The van der Waals surface area contributed by atoms with Gasteiger partial charge in [-0.25, -0.2) is 22.3 Å². The Labute approximate surface area is 198 Å². The lowest BCUT2D eigenvalue weighted by molar-refractivity contribution is 0.0650. The second kappa shape index (κ2) is 9.11. The zero-order valence-corrected chi connectivity index (χ0v) is 19.4. The Morgan fingerprint density at radius 1 is 1.15 bits per heavy atom. The predicted molar refractivity (Wildman–Crippen MR) is 127 cm³/mol. The summed E-state index contributed by atoms with van der Waals surface area (Å²) >= 11 is 0. The number of sulfonamides is 1. The van der Waals surface area contributed by atoms with Crippen molar-refractivity contribution >= 4 is 22.2 Å². The first-order chi connectivity index (χ1) is 16.3. The molecule has 1 aromatic heterocycles. The molecule has 6 atom stereocenters. The monoisotopic (exact) mass is 485 g/mol. The molecule has 1 aromatic carbocycles. The van der Waals surface area contributed by atoms with E-state index in [9.17, 15) is 17.6 Å². The maximum atomic E-state index is 13.5. The Morgan fingerprint density at radius 2 is 2.00 bits per heavy atom. The summed E-state index contributed by atoms with van der Waals surface area (Å²) in [7, 11) is -3.30. The van der Waals surface area contributed by atoms with Crippen molar-refractivity contribution in [2.45, 2.75) is 37.8 Å². The molecule has 0 unspecified atom stereocenters. The van der Waals surface area contributed by atoms with Crippen molar-refractivity contribution in [2.24, 2.45) is 23.7 Å². The van der Waals surface area contributed by atoms with E-state index in [0.717, 1.165) is 42.5 Å². The summed E-state index contributed by atoms with van der Waals surface area (Å²) in [6, 6.07) is 9.92. The number of hydrogen-bond donors (Lipinski definition) is 3. The lowest BCUT2D eigenvalue weighted by atomic mass is 9.60. The molecular formula is C25H28FN3O4S. The van der Waals surface area contributed by atoms with Crippen LogP contribution in [0.15, 0.2) is 48.7 Å². The third-order valence-corrected chi connectivity index (χ3v) is 9.07. The van der Waals surface area contributed by atoms with E-state index in [-0.39, 0.29) is 47.3 Å². The van der Waals surface area contributed by atoms with Crippen molar-refractivity contribution in [1.82, 2.24) is 15.0 Å². The molecule has 0 spiro atoms. The van der Waals surface area contributed by atoms with Crippen LogP contribution in [-0.2, 0) is 10.0 Å². The van der Waals surface area contributed by atoms with Gasteiger partial charge in [0.2, 0.25) is 10.0 Å². The smallest absolute Gasteiger partial charge is 0.404 e. The number of rotatable bonds is 4. The van der Waals surface area contributed by atoms with E-state index in [0.29, 0.717) is 0 Å². The van der Waals surface area contributed by atoms with Crippen LogP contribution >= 0.6 is 0 Å². The van der Waals surface area contributed by atoms with E-state index in [4.69, 9.17) is 5.11 Å². The first-order valence-electron chi connectivity index (χ1n) is 11.7. The van der Waals surface area contributed by atoms with Crippen molar-refractivity contribution in [1.29, 1.82) is 0 Å². The Bertz CT molecular complexity index is 1200. The van der Waals surface area contributed by atoms with Gasteiger partial charge < -0.3 is 10.4 Å². The lowest BCUT2D eigenvalue weighted by Gasteiger charge is -2.47. The average molecular weight is 486 g/mol. The van der Waals surface area contributed by atoms with Crippen molar-refractivity contribution in [2.75, 3.05) is 5.75 Å². The number of aromatic nitrogens is 1. The van der Waals surface area contributed by atoms with Gasteiger partial charge in [0.1, 0.15) is 5.82 Å². The average Bonchev–Trinajstić information content (AvgIpc) is 3.10. The van der Waals surface area contributed by atoms with Crippen LogP contribution in [0.1, 0.15) is 31.4 Å². The molecule has 1 amide bonds. The van der Waals surface area contributed by atoms with Crippen molar-refractivity contribution in [3.05, 3.63) is 60.2 Å². The summed E-state index contributed by atoms with van der Waals surface area (Å²) in [6.45, 7) is 0. The zero-order chi connectivity index (χ0) is 23.9. The molecular weight excluding hydrogens is 457 g/mol. The first-order valence-corrected chi connectivity index (χ1v) is 13.3. The van der Waals surface area contributed by atoms with Gasteiger partial charge in [-0.1, -0.05) is 24.3 Å². The van der Waals surface area contributed by atoms with Crippen LogP contribution in [0.3, 0.4) is 0 Å². The van der Waals surface area contributed by atoms with Gasteiger partial charge in [-0.15, -0.1) is 0 Å². The molecule has 3 fully saturated rings. The highest BCUT2D eigenvalue weighted by Crippen LogP contribution is 2.49. The van der Waals surface area contributed by atoms with Crippen molar-refractivity contribution in [3.8, 4) is 11.1 Å². The second-order valence-corrected chi connectivity index (χ2v) is 11.5. The number of fused-ring (bicyclic) bond motifs is 2. The molecule has 1 saturated heterocycles. The van der Waals surface area contributed by atoms with E-state index >= 15 is 0 Å². The summed E-state index contributed by atoms with van der Waals surface area (Å²) in [5.41, 5.74) is 2.33. The first kappa shape index (κ1) is 23.0. The van der Waals surface area contributed by atoms with Gasteiger partial charge >= 0.3 is 6.09 Å². The molecule has 1 aliphatic heterocycles. The number of nitrogens with zero attached hydrogens (tertiary/aromatic N) is 1. The molecule has 180 valence electrons. The topological polar surface area (TPSA) is 108 Å². The fraction of sp³-hybridized carbons (Fsp3) is 0.440. The van der Waals surface area contributed by atoms with E-state index in [1.54, 1.807) is 12.3 Å². The summed E-state index contributed by atoms with van der Waals surface area (Å²) in [5, 5.41) is 11.7. The van der Waals surface area contributed by atoms with E-state index in [1.165, 1.54) is 12.1 Å². The summed E-state index contributed by atoms with van der Waals surface area (Å²) in [5.74, 6) is 0.444. The van der Waals surface area contributed by atoms with Crippen molar-refractivity contribution < 1.29 is 22.7 Å². The van der Waals surface area contributed by atoms with Crippen LogP contribution in [-0.4, -0.2) is 42.4 Å². The van der Waals surface area contributed by atoms with E-state index in [1.807, 2.05) is 24.3 Å². The highest BCUT2D eigenvalue weighted by Gasteiger charge is 2.51. The number of carbonyl (C=O) groups is 1. The number of nitrogens with one attached hydrogen (secondary N) is 2. The molecule has 3 aliphatic rings. The van der Waals surface area contributed by atoms with Crippen molar-refractivity contribution in [3.63, 3.8) is 0 Å². The lowest BCUT2D eigenvalue weighted by Crippen LogP contribution is -2.50. The molecule has 9 heteroatoms. The van der Waals surface area contributed by atoms with Crippen LogP contribution < -0.4 is 10.0 Å². The van der Waals surface area contributed by atoms with Gasteiger partial charge in [0.25, 0.3) is 0 Å². The summed E-state index contributed by atoms with van der Waals surface area (Å²) < 4.78 is 41.1. The van der Waals surface area contributed by atoms with Gasteiger partial charge in [-0.2, -0.15) is 0 Å². The normalized spacial score (nSPS) is 32.1. The minimum atomic E-state index is -3.30. The Morgan fingerprint density at radius 3 is 2.74 bits per heavy atom. The van der Waals surface area contributed by atoms with Gasteiger partial charge in [-0.05, 0) is 79.2 Å². The minimum Gasteiger partial charge on any atom is -0.465 e. The molecule has 2 aromatic rings. The molecule has 34 heavy (non-hydrogen) atoms. The largest absolute Gasteiger partial charge is 0.465 e. The van der Waals surface area contributed by atoms with Crippen LogP contribution in [0.4, 0.5) is 9.18 Å². The van der Waals surface area contributed by atoms with E-state index < -0.39 is 16.1 Å². The molecule has 3 N–H and O–H groups in total. The Balaban J connectivity index is 1.36. The Kier molecular flexibility index (Phi) is 6.16. The van der Waals surface area contributed by atoms with Crippen LogP contribution in [0.25, 0.3) is 17.2 Å². The third kappa shape index (κ3) is 4.86. The number of hydrogen-bond acceptors (Lipinski definition) is 4. The third-order valence-electron chi connectivity index (χ3n) is 7.57. The number of amides is 1. The number of halogens is 1. The summed E-state index contributed by atoms with van der Waals surface area (Å²) in [4.78, 5) is 15.6. The fourth-order valence-electron chi connectivity index (χ4n) is 6.19. The molecule has 2 heterocycles. The van der Waals surface area contributed by atoms with Gasteiger partial charge in [0, 0.05) is 23.8 Å². The molecule has 2 aliphatic carbocycles. The maximum absolute atomic E-state index is 13.5. The molecule has 0 radical (unpaired) electrons. The Hall–Kier alpha value is -2.78. The zero-order valence-electron chi connectivity index (χ0n) is 18.6. The van der Waals surface area contributed by atoms with E-state index in [2.05, 4.69) is 21.1 Å². The molecule has 0 bridgehead atoms. The SMILES string of the molecule is O=C(O)N[C@@H]1CC[C@@H]2[C@@H](C1)C[C@H]1CS(=O)(=O)N[C@H]1[C@H]2/C=C/c1ccc(-c2cccc(F)c2)cn1. The van der Waals surface area contributed by atoms with Gasteiger partial charge in [-0.3, -0.25) is 4.98 Å². The van der Waals surface area contributed by atoms with Crippen LogP contribution in [0, 0.1) is 29.5 Å². The molecule has 7 nitrogen and oxygen atoms in total. The standard InChI is InChI=1S/C25H28FN3O4S/c26-19-3-1-2-15(11-19)16-4-5-20(27-13-16)6-9-23-22-8-7-21(28-25(30)31)12-17(22)10-18-14-34(32,33)29-24(18)23/h1-6,9,11,13,17-18,21-24,28-29H,7-8,10,12,14H2,(H,30,31)/b9-6+/t17-,18+,21-,22-,23+,24-/m1/s1. The maximum Gasteiger partial charge on any atom is 0.404 e. The van der Waals surface area contributed by atoms with Crippen LogP contribution in [0.5, 0.6) is 0 Å². The number of benzene rings is 1. The highest BCUT2D eigenvalue weighted by atomic mass is 32.2. The number of pyridine rings is 1.